The van der Waals surface area contributed by atoms with Crippen molar-refractivity contribution in [1.29, 1.82) is 0 Å². The predicted octanol–water partition coefficient (Wildman–Crippen LogP) is 5.63. The second-order valence-corrected chi connectivity index (χ2v) is 9.85. The summed E-state index contributed by atoms with van der Waals surface area (Å²) in [4.78, 5) is 8.76. The largest absolute Gasteiger partial charge is 2.00 e. The molecule has 0 saturated carbocycles. The Morgan fingerprint density at radius 3 is 1.36 bits per heavy atom. The normalized spacial score (nSPS) is 10.9. The van der Waals surface area contributed by atoms with E-state index < -0.39 is 0 Å². The molecule has 2 aromatic heterocycles. The molecule has 11 heteroatoms. The fourth-order valence-electron chi connectivity index (χ4n) is 3.33. The molecular formula is C28H20CuN6O2S2. The van der Waals surface area contributed by atoms with Gasteiger partial charge in [0.2, 0.25) is 10.3 Å². The van der Waals surface area contributed by atoms with Gasteiger partial charge >= 0.3 is 17.1 Å². The summed E-state index contributed by atoms with van der Waals surface area (Å²) in [7, 11) is 0. The van der Waals surface area contributed by atoms with E-state index in [9.17, 15) is 10.2 Å². The van der Waals surface area contributed by atoms with Crippen molar-refractivity contribution in [3.05, 3.63) is 108 Å². The maximum Gasteiger partial charge on any atom is 2.00 e. The molecule has 6 rings (SSSR count). The van der Waals surface area contributed by atoms with Crippen LogP contribution in [-0.2, 0) is 17.1 Å². The van der Waals surface area contributed by atoms with E-state index in [1.165, 1.54) is 47.2 Å². The molecule has 0 saturated heterocycles. The summed E-state index contributed by atoms with van der Waals surface area (Å²) < 4.78 is 2.20. The van der Waals surface area contributed by atoms with Crippen LogP contribution in [0.2, 0.25) is 0 Å². The molecule has 0 fully saturated rings. The molecule has 8 nitrogen and oxygen atoms in total. The number of nitrogens with one attached hydrogen (secondary N) is 2. The minimum atomic E-state index is -0.0441. The zero-order valence-corrected chi connectivity index (χ0v) is 22.7. The minimum Gasteiger partial charge on any atom is -0.872 e. The quantitative estimate of drug-likeness (QED) is 0.145. The molecule has 0 aliphatic heterocycles. The van der Waals surface area contributed by atoms with E-state index in [1.807, 2.05) is 48.5 Å². The smallest absolute Gasteiger partial charge is 0.872 e. The number of nitrogens with zero attached hydrogens (tertiary/aromatic N) is 4. The van der Waals surface area contributed by atoms with E-state index in [0.717, 1.165) is 20.4 Å². The summed E-state index contributed by atoms with van der Waals surface area (Å²) in [6.45, 7) is 0. The van der Waals surface area contributed by atoms with E-state index >= 15 is 0 Å². The molecule has 1 radical (unpaired) electrons. The van der Waals surface area contributed by atoms with Crippen LogP contribution in [0.15, 0.2) is 107 Å². The molecule has 0 bridgehead atoms. The average Bonchev–Trinajstić information content (AvgIpc) is 3.55. The van der Waals surface area contributed by atoms with E-state index in [4.69, 9.17) is 0 Å². The Balaban J connectivity index is 0.000000176. The number of hydrazone groups is 2. The van der Waals surface area contributed by atoms with Gasteiger partial charge in [0, 0.05) is 0 Å². The van der Waals surface area contributed by atoms with Gasteiger partial charge in [0.25, 0.3) is 0 Å². The van der Waals surface area contributed by atoms with Gasteiger partial charge in [0.05, 0.1) is 32.9 Å². The van der Waals surface area contributed by atoms with Crippen LogP contribution in [0.3, 0.4) is 0 Å². The van der Waals surface area contributed by atoms with Gasteiger partial charge in [-0.25, -0.2) is 9.97 Å². The Labute approximate surface area is 242 Å². The van der Waals surface area contributed by atoms with Crippen molar-refractivity contribution in [2.24, 2.45) is 10.2 Å². The van der Waals surface area contributed by atoms with Crippen molar-refractivity contribution in [1.82, 2.24) is 9.97 Å². The topological polar surface area (TPSA) is 121 Å². The first-order chi connectivity index (χ1) is 18.7. The molecule has 2 N–H and O–H groups in total. The van der Waals surface area contributed by atoms with Gasteiger partial charge in [-0.05, 0) is 35.4 Å². The molecule has 0 atom stereocenters. The van der Waals surface area contributed by atoms with Gasteiger partial charge in [0.15, 0.2) is 0 Å². The summed E-state index contributed by atoms with van der Waals surface area (Å²) in [5, 5.41) is 32.4. The van der Waals surface area contributed by atoms with Crippen molar-refractivity contribution in [2.45, 2.75) is 0 Å². The second kappa shape index (κ2) is 13.5. The zero-order chi connectivity index (χ0) is 26.2. The van der Waals surface area contributed by atoms with Crippen LogP contribution < -0.4 is 21.1 Å². The van der Waals surface area contributed by atoms with Crippen molar-refractivity contribution in [3.8, 4) is 11.5 Å². The monoisotopic (exact) mass is 599 g/mol. The summed E-state index contributed by atoms with van der Waals surface area (Å²) in [5.41, 5.74) is 8.68. The summed E-state index contributed by atoms with van der Waals surface area (Å²) >= 11 is 3.05. The Bertz CT molecular complexity index is 1540. The summed E-state index contributed by atoms with van der Waals surface area (Å²) in [6.07, 6.45) is 3.02. The zero-order valence-electron chi connectivity index (χ0n) is 20.1. The number of rotatable bonds is 6. The molecule has 2 heterocycles. The number of fused-ring (bicyclic) bond motifs is 2. The van der Waals surface area contributed by atoms with Crippen LogP contribution in [0.5, 0.6) is 11.5 Å². The van der Waals surface area contributed by atoms with Gasteiger partial charge in [-0.15, -0.1) is 0 Å². The Morgan fingerprint density at radius 1 is 0.564 bits per heavy atom. The number of para-hydroxylation sites is 4. The Kier molecular flexibility index (Phi) is 9.60. The number of thiazole rings is 2. The number of benzene rings is 4. The van der Waals surface area contributed by atoms with Crippen LogP contribution in [-0.4, -0.2) is 22.4 Å². The Morgan fingerprint density at radius 2 is 0.949 bits per heavy atom. The molecule has 0 amide bonds. The van der Waals surface area contributed by atoms with Crippen molar-refractivity contribution in [3.63, 3.8) is 0 Å². The number of hydrogen-bond donors (Lipinski definition) is 2. The molecule has 0 aliphatic rings. The van der Waals surface area contributed by atoms with Gasteiger partial charge in [0.1, 0.15) is 0 Å². The van der Waals surface area contributed by atoms with E-state index in [0.29, 0.717) is 21.4 Å². The van der Waals surface area contributed by atoms with Crippen LogP contribution in [0.1, 0.15) is 11.1 Å². The minimum absolute atomic E-state index is 0. The second-order valence-electron chi connectivity index (χ2n) is 7.79. The molecule has 6 aromatic rings. The van der Waals surface area contributed by atoms with Crippen molar-refractivity contribution in [2.75, 3.05) is 10.9 Å². The fraction of sp³-hybridized carbons (Fsp3) is 0. The maximum atomic E-state index is 11.5. The first-order valence-corrected chi connectivity index (χ1v) is 13.1. The van der Waals surface area contributed by atoms with Crippen molar-refractivity contribution >= 4 is 65.8 Å². The van der Waals surface area contributed by atoms with E-state index in [2.05, 4.69) is 31.0 Å². The van der Waals surface area contributed by atoms with Crippen molar-refractivity contribution < 1.29 is 27.3 Å². The molecule has 0 aliphatic carbocycles. The first-order valence-electron chi connectivity index (χ1n) is 11.5. The summed E-state index contributed by atoms with van der Waals surface area (Å²) in [6, 6.07) is 29.3. The maximum absolute atomic E-state index is 11.5. The Hall–Kier alpha value is -4.28. The molecule has 4 aromatic carbocycles. The van der Waals surface area contributed by atoms with Crippen LogP contribution in [0.25, 0.3) is 20.4 Å². The number of anilines is 2. The van der Waals surface area contributed by atoms with Gasteiger partial charge in [-0.2, -0.15) is 10.2 Å². The first kappa shape index (κ1) is 27.7. The fourth-order valence-corrected chi connectivity index (χ4v) is 4.96. The average molecular weight is 600 g/mol. The summed E-state index contributed by atoms with van der Waals surface area (Å²) in [5.74, 6) is -0.0882. The third-order valence-corrected chi connectivity index (χ3v) is 7.04. The van der Waals surface area contributed by atoms with Crippen LogP contribution >= 0.6 is 22.7 Å². The third kappa shape index (κ3) is 7.40. The molecule has 0 unspecified atom stereocenters. The number of hydrogen-bond acceptors (Lipinski definition) is 10. The van der Waals surface area contributed by atoms with Gasteiger partial charge in [-0.3, -0.25) is 10.9 Å². The third-order valence-electron chi connectivity index (χ3n) is 5.15. The molecular weight excluding hydrogens is 580 g/mol. The molecule has 197 valence electrons. The molecule has 0 spiro atoms. The van der Waals surface area contributed by atoms with Gasteiger partial charge in [-0.1, -0.05) is 107 Å². The SMILES string of the molecule is [Cu+2].[O-]c1ccccc1/C=N/Nc1nc2ccccc2s1.[O-]c1ccccc1/C=N/Nc1nc2ccccc2s1. The van der Waals surface area contributed by atoms with E-state index in [1.54, 1.807) is 36.4 Å². The number of aromatic nitrogens is 2. The van der Waals surface area contributed by atoms with E-state index in [-0.39, 0.29) is 28.6 Å². The van der Waals surface area contributed by atoms with Gasteiger partial charge < -0.3 is 10.2 Å². The van der Waals surface area contributed by atoms with Crippen LogP contribution in [0, 0.1) is 0 Å². The standard InChI is InChI=1S/2C14H11N3OS.Cu/c2*18-12-7-3-1-5-10(12)9-15-17-14-16-11-6-2-4-8-13(11)19-14;/h2*1-9,18H,(H,16,17);/q;;+2/p-2/b2*15-9+;. The van der Waals surface area contributed by atoms with Crippen LogP contribution in [0.4, 0.5) is 10.3 Å². The predicted molar refractivity (Wildman–Crippen MR) is 153 cm³/mol. The molecule has 39 heavy (non-hydrogen) atoms.